The first-order valence-electron chi connectivity index (χ1n) is 8.07. The molecule has 2 aromatic rings. The van der Waals surface area contributed by atoms with Gasteiger partial charge in [0.15, 0.2) is 6.10 Å². The molecule has 0 saturated heterocycles. The van der Waals surface area contributed by atoms with E-state index >= 15 is 0 Å². The Kier molecular flexibility index (Phi) is 5.76. The number of nitrogens with one attached hydrogen (secondary N) is 1. The summed E-state index contributed by atoms with van der Waals surface area (Å²) >= 11 is 0. The number of nitro benzene ring substituents is 1. The van der Waals surface area contributed by atoms with Crippen LogP contribution in [0.2, 0.25) is 0 Å². The van der Waals surface area contributed by atoms with Gasteiger partial charge in [0.1, 0.15) is 5.75 Å². The Morgan fingerprint density at radius 2 is 2.00 bits per heavy atom. The van der Waals surface area contributed by atoms with Crippen LogP contribution in [-0.2, 0) is 4.74 Å². The molecule has 0 aliphatic heterocycles. The summed E-state index contributed by atoms with van der Waals surface area (Å²) in [5, 5.41) is 10.8. The van der Waals surface area contributed by atoms with Gasteiger partial charge < -0.3 is 14.5 Å². The van der Waals surface area contributed by atoms with Crippen LogP contribution in [-0.4, -0.2) is 34.4 Å². The number of carbonyl (C=O) groups excluding carboxylic acids is 2. The van der Waals surface area contributed by atoms with Crippen molar-refractivity contribution in [1.82, 2.24) is 4.98 Å². The Morgan fingerprint density at radius 3 is 2.62 bits per heavy atom. The second kappa shape index (κ2) is 7.81. The number of esters is 1. The maximum Gasteiger partial charge on any atom is 0.340 e. The second-order valence-corrected chi connectivity index (χ2v) is 5.72. The molecule has 8 nitrogen and oxygen atoms in total. The highest BCUT2D eigenvalue weighted by Crippen LogP contribution is 2.23. The van der Waals surface area contributed by atoms with Crippen LogP contribution < -0.4 is 4.74 Å². The lowest BCUT2D eigenvalue weighted by Gasteiger charge is -2.13. The van der Waals surface area contributed by atoms with Crippen molar-refractivity contribution in [3.05, 3.63) is 56.9 Å². The molecule has 0 radical (unpaired) electrons. The van der Waals surface area contributed by atoms with Gasteiger partial charge in [-0.05, 0) is 39.3 Å². The summed E-state index contributed by atoms with van der Waals surface area (Å²) < 4.78 is 10.6. The molecule has 1 N–H and O–H groups in total. The first-order chi connectivity index (χ1) is 12.3. The number of ketones is 1. The number of hydrogen-bond acceptors (Lipinski definition) is 6. The molecule has 0 fully saturated rings. The fourth-order valence-electron chi connectivity index (χ4n) is 2.64. The highest BCUT2D eigenvalue weighted by atomic mass is 16.6. The van der Waals surface area contributed by atoms with E-state index in [0.29, 0.717) is 16.8 Å². The van der Waals surface area contributed by atoms with E-state index in [2.05, 4.69) is 4.98 Å². The molecule has 0 aliphatic carbocycles. The molecule has 138 valence electrons. The highest BCUT2D eigenvalue weighted by molar-refractivity contribution is 6.03. The maximum absolute atomic E-state index is 12.7. The Morgan fingerprint density at radius 1 is 1.31 bits per heavy atom. The van der Waals surface area contributed by atoms with E-state index in [1.165, 1.54) is 24.3 Å². The lowest BCUT2D eigenvalue weighted by atomic mass is 10.1. The zero-order valence-corrected chi connectivity index (χ0v) is 15.0. The zero-order valence-electron chi connectivity index (χ0n) is 15.0. The summed E-state index contributed by atoms with van der Waals surface area (Å²) in [4.78, 5) is 37.9. The van der Waals surface area contributed by atoms with Crippen LogP contribution in [0.4, 0.5) is 5.69 Å². The fraction of sp³-hybridized carbons (Fsp3) is 0.333. The van der Waals surface area contributed by atoms with Crippen LogP contribution in [0.1, 0.15) is 46.0 Å². The van der Waals surface area contributed by atoms with Gasteiger partial charge in [0.05, 0.1) is 28.9 Å². The molecule has 1 heterocycles. The molecule has 1 unspecified atom stereocenters. The molecule has 26 heavy (non-hydrogen) atoms. The average molecular weight is 360 g/mol. The van der Waals surface area contributed by atoms with Gasteiger partial charge in [0.25, 0.3) is 5.69 Å². The number of carbonyl (C=O) groups is 2. The zero-order chi connectivity index (χ0) is 19.4. The van der Waals surface area contributed by atoms with Crippen LogP contribution in [0.5, 0.6) is 5.75 Å². The number of ether oxygens (including phenoxy) is 2. The average Bonchev–Trinajstić information content (AvgIpc) is 2.89. The predicted molar refractivity (Wildman–Crippen MR) is 93.7 cm³/mol. The summed E-state index contributed by atoms with van der Waals surface area (Å²) in [7, 11) is 0. The number of hydrogen-bond donors (Lipinski definition) is 1. The van der Waals surface area contributed by atoms with E-state index in [9.17, 15) is 19.7 Å². The third kappa shape index (κ3) is 3.90. The van der Waals surface area contributed by atoms with Crippen LogP contribution in [0.3, 0.4) is 0 Å². The maximum atomic E-state index is 12.7. The van der Waals surface area contributed by atoms with Crippen molar-refractivity contribution in [2.45, 2.75) is 33.8 Å². The second-order valence-electron chi connectivity index (χ2n) is 5.72. The van der Waals surface area contributed by atoms with Crippen molar-refractivity contribution in [2.24, 2.45) is 0 Å². The topological polar surface area (TPSA) is 112 Å². The van der Waals surface area contributed by atoms with Gasteiger partial charge in [-0.15, -0.1) is 0 Å². The van der Waals surface area contributed by atoms with Gasteiger partial charge in [-0.25, -0.2) is 4.79 Å². The Bertz CT molecular complexity index is 855. The molecule has 0 spiro atoms. The third-order valence-corrected chi connectivity index (χ3v) is 3.87. The number of benzene rings is 1. The highest BCUT2D eigenvalue weighted by Gasteiger charge is 2.26. The van der Waals surface area contributed by atoms with E-state index in [0.717, 1.165) is 0 Å². The summed E-state index contributed by atoms with van der Waals surface area (Å²) in [5.74, 6) is -0.649. The van der Waals surface area contributed by atoms with E-state index in [4.69, 9.17) is 9.47 Å². The Balaban J connectivity index is 2.23. The Hall–Kier alpha value is -3.16. The molecule has 8 heteroatoms. The van der Waals surface area contributed by atoms with Gasteiger partial charge >= 0.3 is 5.97 Å². The monoisotopic (exact) mass is 360 g/mol. The van der Waals surface area contributed by atoms with Crippen LogP contribution in [0, 0.1) is 24.0 Å². The first-order valence-corrected chi connectivity index (χ1v) is 8.07. The minimum atomic E-state index is -0.899. The quantitative estimate of drug-likeness (QED) is 0.351. The van der Waals surface area contributed by atoms with Crippen LogP contribution >= 0.6 is 0 Å². The van der Waals surface area contributed by atoms with Gasteiger partial charge in [-0.1, -0.05) is 6.07 Å². The van der Waals surface area contributed by atoms with Crippen LogP contribution in [0.15, 0.2) is 24.3 Å². The summed E-state index contributed by atoms with van der Waals surface area (Å²) in [6.45, 7) is 6.82. The number of aryl methyl sites for hydroxylation is 1. The number of aromatic amines is 1. The SMILES string of the molecule is CCOC(=O)c1c(C)[nH]c(C(=O)C(C)Oc2cccc([N+](=O)[O-])c2)c1C. The van der Waals surface area contributed by atoms with Crippen molar-refractivity contribution < 1.29 is 24.0 Å². The third-order valence-electron chi connectivity index (χ3n) is 3.87. The molecule has 0 amide bonds. The molecule has 0 aliphatic rings. The first kappa shape index (κ1) is 19.2. The number of aromatic nitrogens is 1. The predicted octanol–water partition coefficient (Wildman–Crippen LogP) is 3.37. The van der Waals surface area contributed by atoms with Gasteiger partial charge in [-0.3, -0.25) is 14.9 Å². The molecule has 1 aromatic heterocycles. The minimum absolute atomic E-state index is 0.126. The van der Waals surface area contributed by atoms with Crippen LogP contribution in [0.25, 0.3) is 0 Å². The molecular formula is C18H20N2O6. The summed E-state index contributed by atoms with van der Waals surface area (Å²) in [6.07, 6.45) is -0.899. The molecule has 2 rings (SSSR count). The van der Waals surface area contributed by atoms with E-state index in [-0.39, 0.29) is 29.5 Å². The molecule has 1 atom stereocenters. The number of non-ortho nitro benzene ring substituents is 1. The van der Waals surface area contributed by atoms with Crippen molar-refractivity contribution in [3.63, 3.8) is 0 Å². The number of H-pyrrole nitrogens is 1. The fourth-order valence-corrected chi connectivity index (χ4v) is 2.64. The molecule has 0 saturated carbocycles. The number of nitro groups is 1. The number of Topliss-reactive ketones (excluding diaryl/α,β-unsaturated/α-hetero) is 1. The van der Waals surface area contributed by atoms with E-state index < -0.39 is 17.0 Å². The smallest absolute Gasteiger partial charge is 0.340 e. The largest absolute Gasteiger partial charge is 0.482 e. The van der Waals surface area contributed by atoms with E-state index in [1.807, 2.05) is 0 Å². The normalized spacial score (nSPS) is 11.7. The number of rotatable bonds is 7. The van der Waals surface area contributed by atoms with Crippen molar-refractivity contribution in [2.75, 3.05) is 6.61 Å². The van der Waals surface area contributed by atoms with Crippen molar-refractivity contribution >= 4 is 17.4 Å². The standard InChI is InChI=1S/C18H20N2O6/c1-5-25-18(22)15-10(2)16(19-11(15)3)17(21)12(4)26-14-8-6-7-13(9-14)20(23)24/h6-9,12,19H,5H2,1-4H3. The summed E-state index contributed by atoms with van der Waals surface area (Å²) in [5.41, 5.74) is 1.48. The van der Waals surface area contributed by atoms with Crippen molar-refractivity contribution in [3.8, 4) is 5.75 Å². The number of nitrogens with zero attached hydrogens (tertiary/aromatic N) is 1. The molecular weight excluding hydrogens is 340 g/mol. The van der Waals surface area contributed by atoms with Gasteiger partial charge in [0.2, 0.25) is 5.78 Å². The van der Waals surface area contributed by atoms with Gasteiger partial charge in [-0.2, -0.15) is 0 Å². The molecule has 0 bridgehead atoms. The van der Waals surface area contributed by atoms with E-state index in [1.54, 1.807) is 27.7 Å². The van der Waals surface area contributed by atoms with Crippen molar-refractivity contribution in [1.29, 1.82) is 0 Å². The lowest BCUT2D eigenvalue weighted by molar-refractivity contribution is -0.384. The lowest BCUT2D eigenvalue weighted by Crippen LogP contribution is -2.25. The minimum Gasteiger partial charge on any atom is -0.482 e. The molecule has 1 aromatic carbocycles. The Labute approximate surface area is 150 Å². The van der Waals surface area contributed by atoms with Gasteiger partial charge in [0, 0.05) is 11.8 Å². The summed E-state index contributed by atoms with van der Waals surface area (Å²) in [6, 6.07) is 5.60.